The van der Waals surface area contributed by atoms with Crippen LogP contribution in [0.25, 0.3) is 11.1 Å². The summed E-state index contributed by atoms with van der Waals surface area (Å²) >= 11 is 0. The van der Waals surface area contributed by atoms with Crippen molar-refractivity contribution in [3.63, 3.8) is 0 Å². The zero-order valence-electron chi connectivity index (χ0n) is 35.9. The van der Waals surface area contributed by atoms with Crippen LogP contribution in [0, 0.1) is 0 Å². The first-order chi connectivity index (χ1) is 31.2. The number of benzene rings is 8. The molecule has 0 spiro atoms. The number of hydrogen-bond acceptors (Lipinski definition) is 9. The van der Waals surface area contributed by atoms with Gasteiger partial charge >= 0.3 is 12.3 Å². The molecule has 0 heterocycles. The second-order valence-electron chi connectivity index (χ2n) is 15.3. The molecule has 0 amide bonds. The minimum atomic E-state index is -0.859. The summed E-state index contributed by atoms with van der Waals surface area (Å²) in [6.45, 7) is 4.16. The number of anilines is 6. The highest BCUT2D eigenvalue weighted by Gasteiger charge is 2.24. The fourth-order valence-corrected chi connectivity index (χ4v) is 7.49. The topological polar surface area (TPSA) is 86.8 Å². The van der Waals surface area contributed by atoms with Crippen molar-refractivity contribution in [1.82, 2.24) is 0 Å². The van der Waals surface area contributed by atoms with E-state index < -0.39 is 17.7 Å². The lowest BCUT2D eigenvalue weighted by molar-refractivity contribution is 0.121. The minimum Gasteiger partial charge on any atom is -0.497 e. The maximum Gasteiger partial charge on any atom is 0.519 e. The van der Waals surface area contributed by atoms with E-state index in [1.165, 1.54) is 7.11 Å². The van der Waals surface area contributed by atoms with E-state index >= 15 is 0 Å². The van der Waals surface area contributed by atoms with Crippen LogP contribution < -0.4 is 28.7 Å². The number of methoxy groups -OCH3 is 2. The summed E-state index contributed by atoms with van der Waals surface area (Å²) in [5.41, 5.74) is 9.45. The van der Waals surface area contributed by atoms with E-state index in [2.05, 4.69) is 95.1 Å². The van der Waals surface area contributed by atoms with Crippen LogP contribution in [0.4, 0.5) is 43.7 Å². The summed E-state index contributed by atoms with van der Waals surface area (Å²) < 4.78 is 26.6. The van der Waals surface area contributed by atoms with E-state index in [1.807, 2.05) is 109 Å². The van der Waals surface area contributed by atoms with Crippen LogP contribution in [0.15, 0.2) is 206 Å². The first-order valence-electron chi connectivity index (χ1n) is 20.7. The maximum atomic E-state index is 13.1. The Balaban J connectivity index is 0.969. The maximum absolute atomic E-state index is 13.1. The van der Waals surface area contributed by atoms with Crippen LogP contribution in [0.2, 0.25) is 0 Å². The van der Waals surface area contributed by atoms with Crippen molar-refractivity contribution in [2.24, 2.45) is 0 Å². The van der Waals surface area contributed by atoms with Crippen LogP contribution in [-0.4, -0.2) is 26.5 Å². The molecule has 0 fully saturated rings. The van der Waals surface area contributed by atoms with Gasteiger partial charge in [-0.3, -0.25) is 0 Å². The van der Waals surface area contributed by atoms with Gasteiger partial charge in [0.25, 0.3) is 0 Å². The van der Waals surface area contributed by atoms with Gasteiger partial charge in [-0.1, -0.05) is 111 Å². The van der Waals surface area contributed by atoms with Crippen molar-refractivity contribution in [3.05, 3.63) is 217 Å². The molecule has 8 rings (SSSR count). The van der Waals surface area contributed by atoms with E-state index in [-0.39, 0.29) is 0 Å². The molecule has 0 saturated heterocycles. The van der Waals surface area contributed by atoms with Gasteiger partial charge in [0.15, 0.2) is 0 Å². The summed E-state index contributed by atoms with van der Waals surface area (Å²) in [6, 6.07) is 67.2. The average Bonchev–Trinajstić information content (AvgIpc) is 3.33. The van der Waals surface area contributed by atoms with Gasteiger partial charge < -0.3 is 33.5 Å². The van der Waals surface area contributed by atoms with Gasteiger partial charge in [-0.2, -0.15) is 0 Å². The Hall–Kier alpha value is -8.30. The highest BCUT2D eigenvalue weighted by atomic mass is 16.7. The number of rotatable bonds is 13. The van der Waals surface area contributed by atoms with Crippen LogP contribution >= 0.6 is 0 Å². The number of para-hydroxylation sites is 2. The third kappa shape index (κ3) is 9.75. The van der Waals surface area contributed by atoms with Crippen molar-refractivity contribution < 1.29 is 33.3 Å². The first kappa shape index (κ1) is 42.4. The molecule has 318 valence electrons. The second kappa shape index (κ2) is 19.2. The molecule has 0 aliphatic heterocycles. The molecule has 8 aromatic rings. The van der Waals surface area contributed by atoms with Crippen LogP contribution in [0.1, 0.15) is 25.0 Å². The van der Waals surface area contributed by atoms with Crippen LogP contribution in [0.5, 0.6) is 23.0 Å². The largest absolute Gasteiger partial charge is 0.519 e. The second-order valence-corrected chi connectivity index (χ2v) is 15.3. The molecule has 0 atom stereocenters. The molecule has 0 unspecified atom stereocenters. The summed E-state index contributed by atoms with van der Waals surface area (Å²) in [6.07, 6.45) is -1.63. The van der Waals surface area contributed by atoms with Crippen molar-refractivity contribution in [1.29, 1.82) is 0 Å². The van der Waals surface area contributed by atoms with Crippen molar-refractivity contribution in [3.8, 4) is 34.1 Å². The van der Waals surface area contributed by atoms with E-state index in [1.54, 1.807) is 37.4 Å². The average molecular weight is 847 g/mol. The molecular weight excluding hydrogens is 801 g/mol. The monoisotopic (exact) mass is 846 g/mol. The van der Waals surface area contributed by atoms with Crippen molar-refractivity contribution in [2.45, 2.75) is 19.3 Å². The molecule has 0 N–H and O–H groups in total. The lowest BCUT2D eigenvalue weighted by Crippen LogP contribution is -2.19. The molecular formula is C55H46N2O7. The van der Waals surface area contributed by atoms with Gasteiger partial charge in [-0.25, -0.2) is 9.59 Å². The smallest absolute Gasteiger partial charge is 0.497 e. The highest BCUT2D eigenvalue weighted by Crippen LogP contribution is 2.40. The van der Waals surface area contributed by atoms with Gasteiger partial charge in [-0.05, 0) is 119 Å². The molecule has 0 radical (unpaired) electrons. The van der Waals surface area contributed by atoms with Gasteiger partial charge in [0.1, 0.15) is 23.0 Å². The normalized spacial score (nSPS) is 10.9. The zero-order valence-corrected chi connectivity index (χ0v) is 35.9. The fourth-order valence-electron chi connectivity index (χ4n) is 7.49. The zero-order chi connectivity index (χ0) is 44.5. The number of carbonyl (C=O) groups excluding carboxylic acids is 2. The molecule has 0 saturated carbocycles. The molecule has 0 aromatic heterocycles. The van der Waals surface area contributed by atoms with E-state index in [0.717, 1.165) is 62.1 Å². The number of carbonyl (C=O) groups is 2. The predicted octanol–water partition coefficient (Wildman–Crippen LogP) is 14.4. The lowest BCUT2D eigenvalue weighted by atomic mass is 9.78. The van der Waals surface area contributed by atoms with Crippen LogP contribution in [0.3, 0.4) is 0 Å². The Morgan fingerprint density at radius 1 is 0.375 bits per heavy atom. The molecule has 0 aliphatic carbocycles. The molecule has 0 aliphatic rings. The summed E-state index contributed by atoms with van der Waals surface area (Å²) in [5, 5.41) is 0. The third-order valence-electron chi connectivity index (χ3n) is 10.9. The Morgan fingerprint density at radius 2 is 0.750 bits per heavy atom. The predicted molar refractivity (Wildman–Crippen MR) is 252 cm³/mol. The quantitative estimate of drug-likeness (QED) is 0.0831. The third-order valence-corrected chi connectivity index (χ3v) is 10.9. The van der Waals surface area contributed by atoms with Gasteiger partial charge in [0.2, 0.25) is 0 Å². The molecule has 64 heavy (non-hydrogen) atoms. The summed E-state index contributed by atoms with van der Waals surface area (Å²) in [7, 11) is 2.94. The number of ether oxygens (including phenoxy) is 5. The number of nitrogens with zero attached hydrogens (tertiary/aromatic N) is 2. The molecule has 9 heteroatoms. The highest BCUT2D eigenvalue weighted by molar-refractivity contribution is 5.81. The molecule has 9 nitrogen and oxygen atoms in total. The van der Waals surface area contributed by atoms with E-state index in [0.29, 0.717) is 17.2 Å². The standard InChI is InChI=1S/C55H46N2O7/c1-55(2,41-25-33-49(34-26-41)62-53(58)61-4)42-27-35-50(36-28-42)63-54(59)64-52-20-12-18-48(38-52)57(44-15-9-6-10-16-44)46-31-23-40(24-32-46)39-21-29-45(30-22-39)56(43-13-7-5-8-14-43)47-17-11-19-51(37-47)60-3/h5-38H,1-4H3. The number of hydrogen-bond donors (Lipinski definition) is 0. The van der Waals surface area contributed by atoms with E-state index in [9.17, 15) is 9.59 Å². The first-order valence-corrected chi connectivity index (χ1v) is 20.7. The molecule has 0 bridgehead atoms. The van der Waals surface area contributed by atoms with Crippen molar-refractivity contribution in [2.75, 3.05) is 24.0 Å². The Morgan fingerprint density at radius 3 is 1.19 bits per heavy atom. The van der Waals surface area contributed by atoms with Crippen molar-refractivity contribution >= 4 is 46.4 Å². The Kier molecular flexibility index (Phi) is 12.7. The van der Waals surface area contributed by atoms with Gasteiger partial charge in [-0.15, -0.1) is 0 Å². The van der Waals surface area contributed by atoms with Gasteiger partial charge in [0.05, 0.1) is 14.2 Å². The Labute approximate surface area is 373 Å². The lowest BCUT2D eigenvalue weighted by Gasteiger charge is -2.26. The van der Waals surface area contributed by atoms with Gasteiger partial charge in [0, 0.05) is 51.7 Å². The SMILES string of the molecule is COC(=O)Oc1ccc(C(C)(C)c2ccc(OC(=O)Oc3cccc(N(c4ccccc4)c4ccc(-c5ccc(N(c6ccccc6)c6cccc(OC)c6)cc5)cc4)c3)cc2)cc1. The van der Waals surface area contributed by atoms with Crippen LogP contribution in [-0.2, 0) is 10.2 Å². The minimum absolute atomic E-state index is 0.330. The van der Waals surface area contributed by atoms with E-state index in [4.69, 9.17) is 18.9 Å². The summed E-state index contributed by atoms with van der Waals surface area (Å²) in [4.78, 5) is 28.9. The summed E-state index contributed by atoms with van der Waals surface area (Å²) in [5.74, 6) is 1.85. The molecule has 8 aromatic carbocycles. The Bertz CT molecular complexity index is 2810. The fraction of sp³-hybridized carbons (Fsp3) is 0.0909.